The quantitative estimate of drug-likeness (QED) is 0.693. The van der Waals surface area contributed by atoms with Gasteiger partial charge in [0.25, 0.3) is 6.01 Å². The molecule has 0 aliphatic rings. The molecule has 0 saturated carbocycles. The van der Waals surface area contributed by atoms with Gasteiger partial charge in [0, 0.05) is 37.1 Å². The fraction of sp³-hybridized carbons (Fsp3) is 0.176. The molecule has 3 aromatic rings. The van der Waals surface area contributed by atoms with Crippen molar-refractivity contribution in [2.75, 3.05) is 18.5 Å². The van der Waals surface area contributed by atoms with Crippen molar-refractivity contribution >= 4 is 17.1 Å². The molecule has 24 heavy (non-hydrogen) atoms. The van der Waals surface area contributed by atoms with Crippen LogP contribution in [0, 0.1) is 0 Å². The Balaban J connectivity index is 1.67. The topological polar surface area (TPSA) is 86.2 Å². The van der Waals surface area contributed by atoms with Crippen LogP contribution in [0.5, 0.6) is 5.75 Å². The summed E-state index contributed by atoms with van der Waals surface area (Å²) < 4.78 is 23.6. The Labute approximate surface area is 138 Å². The average molecular weight is 328 g/mol. The smallest absolute Gasteiger partial charge is 0.295 e. The molecule has 3 rings (SSSR count). The summed E-state index contributed by atoms with van der Waals surface area (Å²) in [4.78, 5) is 8.33. The zero-order valence-corrected chi connectivity index (χ0v) is 12.9. The third-order valence-electron chi connectivity index (χ3n) is 3.39. The van der Waals surface area contributed by atoms with Crippen molar-refractivity contribution in [3.63, 3.8) is 0 Å². The van der Waals surface area contributed by atoms with Gasteiger partial charge in [0.05, 0.1) is 6.33 Å². The van der Waals surface area contributed by atoms with Crippen LogP contribution in [-0.4, -0.2) is 23.1 Å². The molecule has 124 valence electrons. The van der Waals surface area contributed by atoms with Crippen molar-refractivity contribution in [3.8, 4) is 5.75 Å². The SMILES string of the molecule is NC/C(=C\F)COc1ccc2nc(NCc3ccncc3)oc2c1. The lowest BCUT2D eigenvalue weighted by Crippen LogP contribution is -2.10. The molecule has 2 aromatic heterocycles. The van der Waals surface area contributed by atoms with Crippen LogP contribution >= 0.6 is 0 Å². The largest absolute Gasteiger partial charge is 0.489 e. The first-order valence-electron chi connectivity index (χ1n) is 7.43. The molecular formula is C17H17FN4O2. The van der Waals surface area contributed by atoms with E-state index in [0.717, 1.165) is 5.56 Å². The highest BCUT2D eigenvalue weighted by molar-refractivity contribution is 5.76. The molecule has 2 heterocycles. The Morgan fingerprint density at radius 3 is 2.88 bits per heavy atom. The van der Waals surface area contributed by atoms with Crippen molar-refractivity contribution in [1.29, 1.82) is 0 Å². The number of halogens is 1. The van der Waals surface area contributed by atoms with Gasteiger partial charge in [0.1, 0.15) is 17.9 Å². The third kappa shape index (κ3) is 3.88. The number of oxazole rings is 1. The lowest BCUT2D eigenvalue weighted by molar-refractivity contribution is 0.347. The van der Waals surface area contributed by atoms with E-state index < -0.39 is 0 Å². The molecule has 0 saturated heterocycles. The first-order valence-corrected chi connectivity index (χ1v) is 7.43. The number of anilines is 1. The van der Waals surface area contributed by atoms with Crippen molar-refractivity contribution < 1.29 is 13.5 Å². The summed E-state index contributed by atoms with van der Waals surface area (Å²) in [5, 5.41) is 3.12. The number of aromatic nitrogens is 2. The predicted molar refractivity (Wildman–Crippen MR) is 89.3 cm³/mol. The number of pyridine rings is 1. The summed E-state index contributed by atoms with van der Waals surface area (Å²) in [6.45, 7) is 0.795. The Morgan fingerprint density at radius 2 is 2.12 bits per heavy atom. The molecule has 0 fully saturated rings. The van der Waals surface area contributed by atoms with E-state index in [2.05, 4.69) is 15.3 Å². The van der Waals surface area contributed by atoms with Crippen molar-refractivity contribution in [1.82, 2.24) is 9.97 Å². The third-order valence-corrected chi connectivity index (χ3v) is 3.39. The van der Waals surface area contributed by atoms with Gasteiger partial charge in [-0.05, 0) is 29.8 Å². The molecule has 6 nitrogen and oxygen atoms in total. The molecule has 1 aromatic carbocycles. The number of nitrogens with two attached hydrogens (primary N) is 1. The monoisotopic (exact) mass is 328 g/mol. The Kier molecular flexibility index (Phi) is 5.02. The van der Waals surface area contributed by atoms with Crippen molar-refractivity contribution in [2.24, 2.45) is 5.73 Å². The fourth-order valence-electron chi connectivity index (χ4n) is 2.06. The zero-order valence-electron chi connectivity index (χ0n) is 12.9. The second-order valence-corrected chi connectivity index (χ2v) is 5.12. The molecule has 0 aliphatic carbocycles. The van der Waals surface area contributed by atoms with E-state index in [-0.39, 0.29) is 13.2 Å². The van der Waals surface area contributed by atoms with E-state index in [0.29, 0.717) is 41.3 Å². The minimum absolute atomic E-state index is 0.0970. The maximum absolute atomic E-state index is 12.5. The van der Waals surface area contributed by atoms with Crippen LogP contribution in [0.4, 0.5) is 10.4 Å². The molecule has 3 N–H and O–H groups in total. The zero-order chi connectivity index (χ0) is 16.8. The lowest BCUT2D eigenvalue weighted by atomic mass is 10.3. The summed E-state index contributed by atoms with van der Waals surface area (Å²) in [5.74, 6) is 0.562. The van der Waals surface area contributed by atoms with E-state index in [1.165, 1.54) is 0 Å². The standard InChI is InChI=1S/C17H17FN4O2/c18-8-13(9-19)11-23-14-1-2-15-16(7-14)24-17(22-15)21-10-12-3-5-20-6-4-12/h1-8H,9-11,19H2,(H,21,22)/b13-8+. The highest BCUT2D eigenvalue weighted by atomic mass is 19.1. The van der Waals surface area contributed by atoms with Gasteiger partial charge in [0.15, 0.2) is 5.58 Å². The summed E-state index contributed by atoms with van der Waals surface area (Å²) >= 11 is 0. The molecule has 0 unspecified atom stereocenters. The number of benzene rings is 1. The van der Waals surface area contributed by atoms with E-state index in [1.807, 2.05) is 12.1 Å². The van der Waals surface area contributed by atoms with Gasteiger partial charge in [-0.15, -0.1) is 0 Å². The lowest BCUT2D eigenvalue weighted by Gasteiger charge is -2.06. The van der Waals surface area contributed by atoms with Gasteiger partial charge in [-0.25, -0.2) is 4.39 Å². The summed E-state index contributed by atoms with van der Waals surface area (Å²) in [6, 6.07) is 9.50. The van der Waals surface area contributed by atoms with Crippen LogP contribution in [-0.2, 0) is 6.54 Å². The summed E-state index contributed by atoms with van der Waals surface area (Å²) in [5.41, 5.74) is 8.14. The highest BCUT2D eigenvalue weighted by Gasteiger charge is 2.07. The number of fused-ring (bicyclic) bond motifs is 1. The van der Waals surface area contributed by atoms with Crippen LogP contribution in [0.2, 0.25) is 0 Å². The summed E-state index contributed by atoms with van der Waals surface area (Å²) in [6.07, 6.45) is 3.93. The van der Waals surface area contributed by atoms with Crippen LogP contribution in [0.1, 0.15) is 5.56 Å². The number of nitrogens with one attached hydrogen (secondary N) is 1. The van der Waals surface area contributed by atoms with Crippen molar-refractivity contribution in [2.45, 2.75) is 6.54 Å². The Bertz CT molecular complexity index is 833. The first-order chi connectivity index (χ1) is 11.8. The van der Waals surface area contributed by atoms with Gasteiger partial charge in [-0.2, -0.15) is 4.98 Å². The number of nitrogens with zero attached hydrogens (tertiary/aromatic N) is 2. The van der Waals surface area contributed by atoms with Gasteiger partial charge in [-0.1, -0.05) is 0 Å². The first kappa shape index (κ1) is 15.9. The molecule has 0 atom stereocenters. The second kappa shape index (κ2) is 7.56. The highest BCUT2D eigenvalue weighted by Crippen LogP contribution is 2.24. The van der Waals surface area contributed by atoms with E-state index in [1.54, 1.807) is 30.6 Å². The molecule has 0 aliphatic heterocycles. The molecule has 0 amide bonds. The fourth-order valence-corrected chi connectivity index (χ4v) is 2.06. The normalized spacial score (nSPS) is 11.7. The van der Waals surface area contributed by atoms with Crippen LogP contribution in [0.15, 0.2) is 59.0 Å². The van der Waals surface area contributed by atoms with Gasteiger partial charge in [-0.3, -0.25) is 4.98 Å². The summed E-state index contributed by atoms with van der Waals surface area (Å²) in [7, 11) is 0. The number of hydrogen-bond donors (Lipinski definition) is 2. The molecule has 0 radical (unpaired) electrons. The Hall–Kier alpha value is -2.93. The van der Waals surface area contributed by atoms with Crippen molar-refractivity contribution in [3.05, 3.63) is 60.2 Å². The number of rotatable bonds is 7. The second-order valence-electron chi connectivity index (χ2n) is 5.12. The minimum atomic E-state index is 0.0970. The van der Waals surface area contributed by atoms with Gasteiger partial charge in [0.2, 0.25) is 0 Å². The number of ether oxygens (including phenoxy) is 1. The predicted octanol–water partition coefficient (Wildman–Crippen LogP) is 3.03. The van der Waals surface area contributed by atoms with Crippen LogP contribution in [0.25, 0.3) is 11.1 Å². The average Bonchev–Trinajstić information content (AvgIpc) is 3.04. The molecule has 0 spiro atoms. The van der Waals surface area contributed by atoms with Gasteiger partial charge < -0.3 is 20.2 Å². The molecule has 0 bridgehead atoms. The van der Waals surface area contributed by atoms with Crippen LogP contribution in [0.3, 0.4) is 0 Å². The van der Waals surface area contributed by atoms with E-state index in [9.17, 15) is 4.39 Å². The van der Waals surface area contributed by atoms with Gasteiger partial charge >= 0.3 is 0 Å². The maximum Gasteiger partial charge on any atom is 0.295 e. The maximum atomic E-state index is 12.5. The molecule has 7 heteroatoms. The molecular weight excluding hydrogens is 311 g/mol. The number of hydrogen-bond acceptors (Lipinski definition) is 6. The Morgan fingerprint density at radius 1 is 1.29 bits per heavy atom. The van der Waals surface area contributed by atoms with E-state index in [4.69, 9.17) is 14.9 Å². The van der Waals surface area contributed by atoms with E-state index >= 15 is 0 Å². The van der Waals surface area contributed by atoms with Crippen LogP contribution < -0.4 is 15.8 Å². The minimum Gasteiger partial charge on any atom is -0.489 e.